The Labute approximate surface area is 189 Å². The van der Waals surface area contributed by atoms with Crippen LogP contribution in [-0.2, 0) is 10.9 Å². The van der Waals surface area contributed by atoms with Crippen LogP contribution in [0.1, 0.15) is 69.9 Å². The predicted molar refractivity (Wildman–Crippen MR) is 124 cm³/mol. The van der Waals surface area contributed by atoms with Gasteiger partial charge in [0.1, 0.15) is 12.4 Å². The van der Waals surface area contributed by atoms with Gasteiger partial charge in [0.15, 0.2) is 0 Å². The number of rotatable bonds is 11. The lowest BCUT2D eigenvalue weighted by Crippen LogP contribution is -2.32. The van der Waals surface area contributed by atoms with Crippen LogP contribution in [0.3, 0.4) is 0 Å². The Balaban J connectivity index is 2.24. The minimum Gasteiger partial charge on any atom is -0.489 e. The molecule has 0 aliphatic carbocycles. The first-order valence-corrected chi connectivity index (χ1v) is 11.5. The molecule has 0 saturated carbocycles. The van der Waals surface area contributed by atoms with Crippen molar-refractivity contribution in [1.29, 1.82) is 0 Å². The zero-order valence-electron chi connectivity index (χ0n) is 19.3. The molecule has 0 radical (unpaired) electrons. The van der Waals surface area contributed by atoms with Crippen molar-refractivity contribution in [1.82, 2.24) is 5.32 Å². The van der Waals surface area contributed by atoms with Gasteiger partial charge in [-0.25, -0.2) is 4.99 Å². The van der Waals surface area contributed by atoms with Crippen molar-refractivity contribution in [2.75, 3.05) is 20.3 Å². The minimum atomic E-state index is -4.53. The van der Waals surface area contributed by atoms with E-state index in [-0.39, 0.29) is 18.4 Å². The molecular weight excluding hydrogens is 417 g/mol. The van der Waals surface area contributed by atoms with Crippen molar-refractivity contribution < 1.29 is 22.6 Å². The molecule has 1 aromatic carbocycles. The van der Waals surface area contributed by atoms with Crippen molar-refractivity contribution in [2.45, 2.75) is 71.0 Å². The highest BCUT2D eigenvalue weighted by Crippen LogP contribution is 2.38. The summed E-state index contributed by atoms with van der Waals surface area (Å²) in [6.07, 6.45) is 7.79. The Kier molecular flexibility index (Phi) is 10.8. The first kappa shape index (κ1) is 26.0. The molecule has 1 atom stereocenters. The second-order valence-corrected chi connectivity index (χ2v) is 7.79. The van der Waals surface area contributed by atoms with Crippen LogP contribution >= 0.6 is 0 Å². The summed E-state index contributed by atoms with van der Waals surface area (Å²) in [7, 11) is 1.54. The summed E-state index contributed by atoms with van der Waals surface area (Å²) < 4.78 is 52.2. The van der Waals surface area contributed by atoms with Crippen molar-refractivity contribution in [3.63, 3.8) is 0 Å². The Bertz CT molecular complexity index is 795. The average Bonchev–Trinajstić information content (AvgIpc) is 3.30. The molecule has 0 spiro atoms. The van der Waals surface area contributed by atoms with E-state index in [2.05, 4.69) is 17.2 Å². The predicted octanol–water partition coefficient (Wildman–Crippen LogP) is 6.77. The molecule has 0 bridgehead atoms. The van der Waals surface area contributed by atoms with Gasteiger partial charge in [-0.05, 0) is 56.8 Å². The molecule has 1 unspecified atom stereocenters. The van der Waals surface area contributed by atoms with E-state index in [1.54, 1.807) is 12.1 Å². The number of unbranched alkanes of at least 4 members (excludes halogenated alkanes) is 3. The maximum absolute atomic E-state index is 13.8. The average molecular weight is 453 g/mol. The van der Waals surface area contributed by atoms with Crippen molar-refractivity contribution in [3.8, 4) is 5.75 Å². The van der Waals surface area contributed by atoms with Gasteiger partial charge in [0, 0.05) is 5.56 Å². The third-order valence-corrected chi connectivity index (χ3v) is 5.25. The maximum Gasteiger partial charge on any atom is 0.419 e. The first-order valence-electron chi connectivity index (χ1n) is 11.5. The van der Waals surface area contributed by atoms with Gasteiger partial charge in [0.2, 0.25) is 5.90 Å². The Morgan fingerprint density at radius 1 is 1.22 bits per heavy atom. The molecule has 1 heterocycles. The molecular formula is C25H35F3N2O2. The Hall–Kier alpha value is -2.28. The smallest absolute Gasteiger partial charge is 0.419 e. The molecule has 2 rings (SSSR count). The monoisotopic (exact) mass is 452 g/mol. The van der Waals surface area contributed by atoms with Gasteiger partial charge in [0.25, 0.3) is 0 Å². The zero-order chi connectivity index (χ0) is 23.4. The van der Waals surface area contributed by atoms with Crippen LogP contribution in [0.2, 0.25) is 0 Å². The van der Waals surface area contributed by atoms with Gasteiger partial charge < -0.3 is 14.8 Å². The summed E-state index contributed by atoms with van der Waals surface area (Å²) in [6.45, 7) is 5.02. The summed E-state index contributed by atoms with van der Waals surface area (Å²) >= 11 is 0. The number of alkyl halides is 3. The number of hydrogen-bond donors (Lipinski definition) is 1. The van der Waals surface area contributed by atoms with Gasteiger partial charge in [-0.1, -0.05) is 44.9 Å². The molecule has 4 nitrogen and oxygen atoms in total. The molecule has 1 N–H and O–H groups in total. The van der Waals surface area contributed by atoms with Crippen LogP contribution in [-0.4, -0.2) is 32.2 Å². The van der Waals surface area contributed by atoms with Gasteiger partial charge in [-0.15, -0.1) is 0 Å². The summed E-state index contributed by atoms with van der Waals surface area (Å²) in [5, 5.41) is 3.31. The lowest BCUT2D eigenvalue weighted by molar-refractivity contribution is -0.138. The molecule has 1 aliphatic rings. The Morgan fingerprint density at radius 2 is 2.03 bits per heavy atom. The van der Waals surface area contributed by atoms with Crippen LogP contribution in [0.4, 0.5) is 13.2 Å². The molecule has 178 valence electrons. The molecule has 1 aliphatic heterocycles. The number of nitrogens with zero attached hydrogens (tertiary/aromatic N) is 1. The second kappa shape index (κ2) is 13.3. The fraction of sp³-hybridized carbons (Fsp3) is 0.560. The number of halogens is 3. The first-order chi connectivity index (χ1) is 15.4. The van der Waals surface area contributed by atoms with Crippen molar-refractivity contribution in [2.24, 2.45) is 4.99 Å². The molecule has 1 fully saturated rings. The van der Waals surface area contributed by atoms with Crippen LogP contribution in [0, 0.1) is 0 Å². The summed E-state index contributed by atoms with van der Waals surface area (Å²) in [6, 6.07) is 4.09. The topological polar surface area (TPSA) is 42.8 Å². The maximum atomic E-state index is 13.8. The lowest BCUT2D eigenvalue weighted by atomic mass is 10.1. The zero-order valence-corrected chi connectivity index (χ0v) is 19.3. The second-order valence-electron chi connectivity index (χ2n) is 7.79. The van der Waals surface area contributed by atoms with Crippen LogP contribution < -0.4 is 10.1 Å². The van der Waals surface area contributed by atoms with E-state index in [1.165, 1.54) is 13.2 Å². The number of nitrogens with one attached hydrogen (secondary N) is 1. The lowest BCUT2D eigenvalue weighted by Gasteiger charge is -2.16. The van der Waals surface area contributed by atoms with E-state index in [0.717, 1.165) is 51.1 Å². The number of benzene rings is 1. The van der Waals surface area contributed by atoms with Crippen molar-refractivity contribution in [3.05, 3.63) is 47.6 Å². The van der Waals surface area contributed by atoms with Crippen LogP contribution in [0.5, 0.6) is 5.75 Å². The van der Waals surface area contributed by atoms with E-state index < -0.39 is 11.7 Å². The highest BCUT2D eigenvalue weighted by Gasteiger charge is 2.35. The number of allylic oxidation sites excluding steroid dienone is 2. The summed E-state index contributed by atoms with van der Waals surface area (Å²) in [4.78, 5) is 4.57. The Morgan fingerprint density at radius 3 is 2.66 bits per heavy atom. The molecule has 0 aromatic heterocycles. The highest BCUT2D eigenvalue weighted by molar-refractivity contribution is 5.88. The molecule has 1 aromatic rings. The van der Waals surface area contributed by atoms with Crippen molar-refractivity contribution >= 4 is 11.6 Å². The third kappa shape index (κ3) is 8.01. The van der Waals surface area contributed by atoms with Gasteiger partial charge >= 0.3 is 6.18 Å². The fourth-order valence-electron chi connectivity index (χ4n) is 3.57. The summed E-state index contributed by atoms with van der Waals surface area (Å²) in [5.74, 6) is 0.313. The van der Waals surface area contributed by atoms with E-state index >= 15 is 0 Å². The number of hydrogen-bond acceptors (Lipinski definition) is 4. The minimum absolute atomic E-state index is 0.0194. The molecule has 0 amide bonds. The van der Waals surface area contributed by atoms with E-state index in [4.69, 9.17) is 9.47 Å². The SMILES string of the molecule is CC/C=C(\N=C(OC)C1CCCN1)c1ccc(OC/C=C/CCCCC)c(C(F)(F)F)c1. The third-order valence-electron chi connectivity index (χ3n) is 5.25. The highest BCUT2D eigenvalue weighted by atomic mass is 19.4. The largest absolute Gasteiger partial charge is 0.489 e. The number of aliphatic imine (C=N–C) groups is 1. The van der Waals surface area contributed by atoms with E-state index in [1.807, 2.05) is 19.1 Å². The fourth-order valence-corrected chi connectivity index (χ4v) is 3.57. The normalized spacial score (nSPS) is 17.9. The molecule has 1 saturated heterocycles. The van der Waals surface area contributed by atoms with Gasteiger partial charge in [-0.2, -0.15) is 13.2 Å². The summed E-state index contributed by atoms with van der Waals surface area (Å²) in [5.41, 5.74) is 0.0460. The van der Waals surface area contributed by atoms with Crippen LogP contribution in [0.25, 0.3) is 5.70 Å². The van der Waals surface area contributed by atoms with Gasteiger partial charge in [0.05, 0.1) is 24.4 Å². The van der Waals surface area contributed by atoms with Crippen LogP contribution in [0.15, 0.2) is 41.4 Å². The van der Waals surface area contributed by atoms with E-state index in [0.29, 0.717) is 23.6 Å². The standard InChI is InChI=1S/C25H35F3N2O2/c1-4-6-7-8-9-10-17-32-23-15-14-19(18-20(23)25(26,27)28)21(12-5-2)30-24(31-3)22-13-11-16-29-22/h9-10,12,14-15,18,22,29H,4-8,11,13,16-17H2,1-3H3/b10-9+,21-12-,30-24?. The van der Waals surface area contributed by atoms with Gasteiger partial charge in [-0.3, -0.25) is 0 Å². The number of ether oxygens (including phenoxy) is 2. The molecule has 7 heteroatoms. The van der Waals surface area contributed by atoms with E-state index in [9.17, 15) is 13.2 Å². The molecule has 32 heavy (non-hydrogen) atoms. The quantitative estimate of drug-likeness (QED) is 0.174. The number of methoxy groups -OCH3 is 1.